The molecule has 1 saturated heterocycles. The van der Waals surface area contributed by atoms with Crippen molar-refractivity contribution in [3.05, 3.63) is 66.7 Å². The van der Waals surface area contributed by atoms with Gasteiger partial charge in [0.15, 0.2) is 0 Å². The molecule has 153 valence electrons. The zero-order valence-corrected chi connectivity index (χ0v) is 19.7. The molecule has 0 amide bonds. The molecule has 0 N–H and O–H groups in total. The van der Waals surface area contributed by atoms with Crippen LogP contribution in [0.3, 0.4) is 0 Å². The molecule has 2 aliphatic rings. The van der Waals surface area contributed by atoms with Crippen molar-refractivity contribution < 1.29 is 9.31 Å². The minimum atomic E-state index is -1.81. The molecule has 4 heteroatoms. The highest BCUT2D eigenvalue weighted by atomic mass is 28.3. The van der Waals surface area contributed by atoms with E-state index in [2.05, 4.69) is 108 Å². The van der Waals surface area contributed by atoms with Crippen LogP contribution in [0.2, 0.25) is 13.1 Å². The number of fused-ring (bicyclic) bond motifs is 3. The Hall–Kier alpha value is -2.14. The van der Waals surface area contributed by atoms with Crippen molar-refractivity contribution in [2.24, 2.45) is 0 Å². The molecule has 0 aliphatic carbocycles. The van der Waals surface area contributed by atoms with E-state index in [1.165, 1.54) is 32.6 Å². The van der Waals surface area contributed by atoms with Crippen LogP contribution in [0.1, 0.15) is 27.7 Å². The van der Waals surface area contributed by atoms with Gasteiger partial charge in [-0.15, -0.1) is 0 Å². The zero-order chi connectivity index (χ0) is 21.3. The Labute approximate surface area is 181 Å². The second kappa shape index (κ2) is 6.43. The molecule has 2 aliphatic heterocycles. The second-order valence-corrected chi connectivity index (χ2v) is 14.4. The van der Waals surface area contributed by atoms with Crippen LogP contribution in [-0.2, 0) is 9.31 Å². The zero-order valence-electron chi connectivity index (χ0n) is 18.7. The lowest BCUT2D eigenvalue weighted by Gasteiger charge is -2.34. The van der Waals surface area contributed by atoms with Crippen LogP contribution in [-0.4, -0.2) is 26.4 Å². The summed E-state index contributed by atoms with van der Waals surface area (Å²) in [6.07, 6.45) is 0. The summed E-state index contributed by atoms with van der Waals surface area (Å²) in [5.74, 6) is 0. The van der Waals surface area contributed by atoms with Gasteiger partial charge in [-0.3, -0.25) is 0 Å². The van der Waals surface area contributed by atoms with Crippen LogP contribution < -0.4 is 15.8 Å². The molecule has 3 aromatic carbocycles. The highest BCUT2D eigenvalue weighted by molar-refractivity contribution is 7.04. The van der Waals surface area contributed by atoms with Gasteiger partial charge in [0, 0.05) is 0 Å². The highest BCUT2D eigenvalue weighted by Crippen LogP contribution is 2.38. The SMILES string of the molecule is CC1(C)OB(c2cc(-c3ccccc3)c3c(c2)-c2ccccc2[Si-]3(C)C)OC1(C)C. The van der Waals surface area contributed by atoms with Crippen LogP contribution >= 0.6 is 0 Å². The van der Waals surface area contributed by atoms with Gasteiger partial charge in [-0.25, -0.2) is 0 Å². The minimum Gasteiger partial charge on any atom is -0.399 e. The van der Waals surface area contributed by atoms with Gasteiger partial charge in [0.1, 0.15) is 0 Å². The Morgan fingerprint density at radius 2 is 1.27 bits per heavy atom. The van der Waals surface area contributed by atoms with E-state index in [-0.39, 0.29) is 18.3 Å². The first-order valence-electron chi connectivity index (χ1n) is 10.8. The van der Waals surface area contributed by atoms with Crippen LogP contribution in [0.4, 0.5) is 0 Å². The molecule has 3 aromatic rings. The number of benzene rings is 3. The van der Waals surface area contributed by atoms with Gasteiger partial charge >= 0.3 is 7.12 Å². The normalized spacial score (nSPS) is 20.1. The first-order valence-corrected chi connectivity index (χ1v) is 13.8. The molecular weight excluding hydrogens is 383 g/mol. The average Bonchev–Trinajstić information content (AvgIpc) is 3.08. The van der Waals surface area contributed by atoms with Crippen molar-refractivity contribution in [2.45, 2.75) is 52.0 Å². The van der Waals surface area contributed by atoms with Crippen molar-refractivity contribution >= 4 is 31.0 Å². The topological polar surface area (TPSA) is 18.5 Å². The lowest BCUT2D eigenvalue weighted by molar-refractivity contribution is 0.00578. The third-order valence-corrected chi connectivity index (χ3v) is 10.9. The fourth-order valence-electron chi connectivity index (χ4n) is 4.91. The Kier molecular flexibility index (Phi) is 4.24. The van der Waals surface area contributed by atoms with E-state index in [9.17, 15) is 0 Å². The predicted octanol–water partition coefficient (Wildman–Crippen LogP) is 4.46. The maximum atomic E-state index is 6.43. The molecule has 0 unspecified atom stereocenters. The van der Waals surface area contributed by atoms with E-state index in [1.54, 1.807) is 0 Å². The van der Waals surface area contributed by atoms with Crippen molar-refractivity contribution in [2.75, 3.05) is 0 Å². The standard InChI is InChI=1S/C26H29BO2Si/c1-25(2)26(3,4)29-27(28-25)19-16-21(18-12-8-7-9-13-18)24-22(17-19)20-14-10-11-15-23(20)30(24,5)6/h7-17H,1-6H3/q-1. The molecular formula is C26H29BO2Si-. The summed E-state index contributed by atoms with van der Waals surface area (Å²) in [6.45, 7) is 13.4. The molecule has 2 heterocycles. The summed E-state index contributed by atoms with van der Waals surface area (Å²) in [5, 5.41) is 3.04. The van der Waals surface area contributed by atoms with Crippen molar-refractivity contribution in [3.63, 3.8) is 0 Å². The molecule has 2 nitrogen and oxygen atoms in total. The van der Waals surface area contributed by atoms with Crippen molar-refractivity contribution in [1.29, 1.82) is 0 Å². The summed E-state index contributed by atoms with van der Waals surface area (Å²) in [5.41, 5.74) is 5.72. The third kappa shape index (κ3) is 2.78. The lowest BCUT2D eigenvalue weighted by atomic mass is 9.76. The molecule has 0 bridgehead atoms. The van der Waals surface area contributed by atoms with Gasteiger partial charge in [-0.2, -0.15) is 23.5 Å². The Morgan fingerprint density at radius 1 is 0.700 bits per heavy atom. The Morgan fingerprint density at radius 3 is 1.93 bits per heavy atom. The van der Waals surface area contributed by atoms with Crippen LogP contribution in [0.15, 0.2) is 66.7 Å². The molecule has 30 heavy (non-hydrogen) atoms. The maximum Gasteiger partial charge on any atom is 0.494 e. The smallest absolute Gasteiger partial charge is 0.399 e. The number of hydrogen-bond donors (Lipinski definition) is 0. The Bertz CT molecular complexity index is 1120. The molecule has 0 saturated carbocycles. The average molecular weight is 412 g/mol. The third-order valence-electron chi connectivity index (χ3n) is 7.29. The van der Waals surface area contributed by atoms with Crippen LogP contribution in [0, 0.1) is 0 Å². The second-order valence-electron chi connectivity index (χ2n) is 10.1. The van der Waals surface area contributed by atoms with Gasteiger partial charge in [0.05, 0.1) is 11.2 Å². The van der Waals surface area contributed by atoms with Gasteiger partial charge < -0.3 is 9.31 Å². The molecule has 1 fully saturated rings. The largest absolute Gasteiger partial charge is 0.494 e. The summed E-state index contributed by atoms with van der Waals surface area (Å²) >= 11 is 0. The van der Waals surface area contributed by atoms with Gasteiger partial charge in [0.2, 0.25) is 0 Å². The maximum absolute atomic E-state index is 6.43. The van der Waals surface area contributed by atoms with Gasteiger partial charge in [-0.1, -0.05) is 85.9 Å². The van der Waals surface area contributed by atoms with Gasteiger partial charge in [0.25, 0.3) is 0 Å². The quantitative estimate of drug-likeness (QED) is 0.579. The fourth-order valence-corrected chi connectivity index (χ4v) is 8.35. The van der Waals surface area contributed by atoms with Crippen LogP contribution in [0.25, 0.3) is 22.3 Å². The molecule has 0 radical (unpaired) electrons. The highest BCUT2D eigenvalue weighted by Gasteiger charge is 2.52. The molecule has 5 rings (SSSR count). The predicted molar refractivity (Wildman–Crippen MR) is 130 cm³/mol. The van der Waals surface area contributed by atoms with E-state index >= 15 is 0 Å². The van der Waals surface area contributed by atoms with E-state index in [4.69, 9.17) is 9.31 Å². The van der Waals surface area contributed by atoms with Crippen molar-refractivity contribution in [1.82, 2.24) is 0 Å². The lowest BCUT2D eigenvalue weighted by Crippen LogP contribution is -2.50. The van der Waals surface area contributed by atoms with Crippen molar-refractivity contribution in [3.8, 4) is 22.3 Å². The van der Waals surface area contributed by atoms with Crippen LogP contribution in [0.5, 0.6) is 0 Å². The summed E-state index contributed by atoms with van der Waals surface area (Å²) in [7, 11) is -2.17. The summed E-state index contributed by atoms with van der Waals surface area (Å²) < 4.78 is 12.9. The number of hydrogen-bond acceptors (Lipinski definition) is 2. The summed E-state index contributed by atoms with van der Waals surface area (Å²) in [6, 6.07) is 24.3. The fraction of sp³-hybridized carbons (Fsp3) is 0.308. The first kappa shape index (κ1) is 19.8. The summed E-state index contributed by atoms with van der Waals surface area (Å²) in [4.78, 5) is 0. The minimum absolute atomic E-state index is 0.352. The van der Waals surface area contributed by atoms with Gasteiger partial charge in [-0.05, 0) is 44.3 Å². The Balaban J connectivity index is 1.76. The van der Waals surface area contributed by atoms with E-state index in [1.807, 2.05) is 0 Å². The molecule has 0 aromatic heterocycles. The molecule has 0 spiro atoms. The first-order chi connectivity index (χ1) is 14.1. The molecule has 0 atom stereocenters. The van der Waals surface area contributed by atoms with E-state index < -0.39 is 8.07 Å². The monoisotopic (exact) mass is 412 g/mol. The van der Waals surface area contributed by atoms with E-state index in [0.717, 1.165) is 5.46 Å². The van der Waals surface area contributed by atoms with E-state index in [0.29, 0.717) is 0 Å². The number of rotatable bonds is 2.